The quantitative estimate of drug-likeness (QED) is 0.843. The number of pyridine rings is 1. The van der Waals surface area contributed by atoms with E-state index in [-0.39, 0.29) is 0 Å². The Kier molecular flexibility index (Phi) is 2.47. The average Bonchev–Trinajstić information content (AvgIpc) is 2.90. The number of aryl methyl sites for hydroxylation is 2. The zero-order valence-electron chi connectivity index (χ0n) is 12.1. The predicted octanol–water partition coefficient (Wildman–Crippen LogP) is 2.66. The Balaban J connectivity index is 1.45. The third-order valence-electron chi connectivity index (χ3n) is 6.35. The van der Waals surface area contributed by atoms with Crippen molar-refractivity contribution >= 4 is 23.0 Å². The summed E-state index contributed by atoms with van der Waals surface area (Å²) in [6.45, 7) is 0. The first-order chi connectivity index (χ1) is 10.2. The summed E-state index contributed by atoms with van der Waals surface area (Å²) in [6.07, 6.45) is 7.81. The molecule has 4 atom stereocenters. The van der Waals surface area contributed by atoms with Gasteiger partial charge in [0, 0.05) is 11.7 Å². The molecule has 0 radical (unpaired) electrons. The van der Waals surface area contributed by atoms with Gasteiger partial charge in [0.25, 0.3) is 0 Å². The van der Waals surface area contributed by atoms with Gasteiger partial charge in [0.15, 0.2) is 0 Å². The van der Waals surface area contributed by atoms with Gasteiger partial charge in [0.05, 0.1) is 5.56 Å². The maximum absolute atomic E-state index is 5.94. The minimum Gasteiger partial charge on any atom is -0.389 e. The van der Waals surface area contributed by atoms with Crippen LogP contribution < -0.4 is 11.1 Å². The third-order valence-corrected chi connectivity index (χ3v) is 6.57. The normalized spacial score (nSPS) is 38.2. The predicted molar refractivity (Wildman–Crippen MR) is 87.4 cm³/mol. The molecule has 0 aliphatic heterocycles. The minimum absolute atomic E-state index is 0.480. The molecule has 3 saturated carbocycles. The maximum atomic E-state index is 5.94. The van der Waals surface area contributed by atoms with Gasteiger partial charge in [0.2, 0.25) is 0 Å². The van der Waals surface area contributed by atoms with Crippen molar-refractivity contribution in [2.24, 2.45) is 29.4 Å². The van der Waals surface area contributed by atoms with Crippen molar-refractivity contribution in [3.63, 3.8) is 0 Å². The van der Waals surface area contributed by atoms with Crippen molar-refractivity contribution in [1.29, 1.82) is 0 Å². The molecule has 21 heavy (non-hydrogen) atoms. The fraction of sp³-hybridized carbons (Fsp3) is 0.647. The van der Waals surface area contributed by atoms with Gasteiger partial charge in [0.1, 0.15) is 10.8 Å². The third kappa shape index (κ3) is 1.71. The number of fused-ring (bicyclic) bond motifs is 6. The molecule has 4 aliphatic carbocycles. The van der Waals surface area contributed by atoms with Crippen LogP contribution in [0.15, 0.2) is 6.07 Å². The first-order valence-corrected chi connectivity index (χ1v) is 8.72. The Morgan fingerprint density at radius 3 is 2.71 bits per heavy atom. The Morgan fingerprint density at radius 2 is 2.00 bits per heavy atom. The van der Waals surface area contributed by atoms with E-state index in [0.29, 0.717) is 11.0 Å². The van der Waals surface area contributed by atoms with Gasteiger partial charge in [-0.05, 0) is 73.8 Å². The molecular weight excluding hydrogens is 278 g/mol. The molecule has 1 aromatic rings. The molecule has 0 amide bonds. The van der Waals surface area contributed by atoms with E-state index in [0.717, 1.165) is 47.9 Å². The summed E-state index contributed by atoms with van der Waals surface area (Å²) in [5.74, 6) is 4.71. The number of hydrogen-bond acceptors (Lipinski definition) is 3. The number of rotatable bonds is 3. The summed E-state index contributed by atoms with van der Waals surface area (Å²) in [5, 5.41) is 3.72. The Hall–Kier alpha value is -1.16. The first-order valence-electron chi connectivity index (χ1n) is 8.31. The smallest absolute Gasteiger partial charge is 0.136 e. The van der Waals surface area contributed by atoms with Gasteiger partial charge in [-0.3, -0.25) is 0 Å². The summed E-state index contributed by atoms with van der Waals surface area (Å²) in [5.41, 5.74) is 9.50. The first kappa shape index (κ1) is 12.4. The van der Waals surface area contributed by atoms with Gasteiger partial charge >= 0.3 is 0 Å². The van der Waals surface area contributed by atoms with Crippen LogP contribution in [0.25, 0.3) is 0 Å². The number of anilines is 1. The highest BCUT2D eigenvalue weighted by Crippen LogP contribution is 2.66. The number of thiocarbonyl (C=S) groups is 1. The lowest BCUT2D eigenvalue weighted by Crippen LogP contribution is -2.19. The molecule has 1 heterocycles. The highest BCUT2D eigenvalue weighted by Gasteiger charge is 2.65. The van der Waals surface area contributed by atoms with Gasteiger partial charge in [-0.15, -0.1) is 0 Å². The van der Waals surface area contributed by atoms with E-state index in [1.165, 1.54) is 36.9 Å². The van der Waals surface area contributed by atoms with Crippen LogP contribution >= 0.6 is 12.2 Å². The second kappa shape index (κ2) is 4.19. The number of aromatic nitrogens is 1. The van der Waals surface area contributed by atoms with Gasteiger partial charge < -0.3 is 11.1 Å². The van der Waals surface area contributed by atoms with Gasteiger partial charge in [-0.1, -0.05) is 12.2 Å². The molecule has 0 saturated heterocycles. The van der Waals surface area contributed by atoms with Crippen LogP contribution in [0.2, 0.25) is 0 Å². The summed E-state index contributed by atoms with van der Waals surface area (Å²) in [6, 6.07) is 2.82. The van der Waals surface area contributed by atoms with Crippen molar-refractivity contribution in [1.82, 2.24) is 4.98 Å². The SMILES string of the molecule is NC(=S)c1cc2c(nc1NC1C3C4CCC(C4)C13)CCC2. The molecule has 3 fully saturated rings. The number of nitrogens with zero attached hydrogens (tertiary/aromatic N) is 1. The van der Waals surface area contributed by atoms with E-state index >= 15 is 0 Å². The largest absolute Gasteiger partial charge is 0.389 e. The summed E-state index contributed by atoms with van der Waals surface area (Å²) >= 11 is 5.25. The molecule has 0 aromatic carbocycles. The topological polar surface area (TPSA) is 50.9 Å². The fourth-order valence-corrected chi connectivity index (χ4v) is 5.60. The van der Waals surface area contributed by atoms with E-state index in [1.807, 2.05) is 0 Å². The lowest BCUT2D eigenvalue weighted by Gasteiger charge is -2.15. The van der Waals surface area contributed by atoms with Crippen molar-refractivity contribution in [3.8, 4) is 0 Å². The monoisotopic (exact) mass is 299 g/mol. The molecule has 3 N–H and O–H groups in total. The lowest BCUT2D eigenvalue weighted by atomic mass is 10.0. The van der Waals surface area contributed by atoms with Crippen molar-refractivity contribution in [2.45, 2.75) is 44.6 Å². The van der Waals surface area contributed by atoms with Crippen LogP contribution in [-0.2, 0) is 12.8 Å². The number of nitrogens with one attached hydrogen (secondary N) is 1. The molecule has 1 aromatic heterocycles. The molecule has 0 spiro atoms. The Labute approximate surface area is 130 Å². The van der Waals surface area contributed by atoms with Crippen LogP contribution in [0.3, 0.4) is 0 Å². The van der Waals surface area contributed by atoms with E-state index in [1.54, 1.807) is 0 Å². The van der Waals surface area contributed by atoms with Gasteiger partial charge in [-0.2, -0.15) is 0 Å². The van der Waals surface area contributed by atoms with E-state index in [9.17, 15) is 0 Å². The second-order valence-corrected chi connectivity index (χ2v) is 7.81. The molecule has 110 valence electrons. The van der Waals surface area contributed by atoms with Crippen molar-refractivity contribution in [2.75, 3.05) is 5.32 Å². The summed E-state index contributed by atoms with van der Waals surface area (Å²) < 4.78 is 0. The van der Waals surface area contributed by atoms with Crippen molar-refractivity contribution < 1.29 is 0 Å². The highest BCUT2D eigenvalue weighted by atomic mass is 32.1. The molecule has 4 aliphatic rings. The van der Waals surface area contributed by atoms with Gasteiger partial charge in [-0.25, -0.2) is 4.98 Å². The Bertz CT molecular complexity index is 625. The van der Waals surface area contributed by atoms with Crippen LogP contribution in [0.1, 0.15) is 42.5 Å². The molecule has 4 heteroatoms. The Morgan fingerprint density at radius 1 is 1.24 bits per heavy atom. The van der Waals surface area contributed by atoms with Crippen LogP contribution in [0.5, 0.6) is 0 Å². The second-order valence-electron chi connectivity index (χ2n) is 7.37. The standard InChI is InChI=1S/C17H21N3S/c18-16(21)11-7-8-2-1-3-12(8)19-17(11)20-15-13-9-4-5-10(6-9)14(13)15/h7,9-10,13-15H,1-6H2,(H2,18,21)(H,19,20). The van der Waals surface area contributed by atoms with Crippen LogP contribution in [0.4, 0.5) is 5.82 Å². The van der Waals surface area contributed by atoms with E-state index in [2.05, 4.69) is 11.4 Å². The number of nitrogens with two attached hydrogens (primary N) is 1. The highest BCUT2D eigenvalue weighted by molar-refractivity contribution is 7.80. The molecule has 2 bridgehead atoms. The van der Waals surface area contributed by atoms with E-state index in [4.69, 9.17) is 22.9 Å². The zero-order valence-corrected chi connectivity index (χ0v) is 13.0. The minimum atomic E-state index is 0.480. The fourth-order valence-electron chi connectivity index (χ4n) is 5.45. The lowest BCUT2D eigenvalue weighted by molar-refractivity contribution is 0.456. The van der Waals surface area contributed by atoms with E-state index < -0.39 is 0 Å². The average molecular weight is 299 g/mol. The van der Waals surface area contributed by atoms with Crippen molar-refractivity contribution in [3.05, 3.63) is 22.9 Å². The summed E-state index contributed by atoms with van der Waals surface area (Å²) in [7, 11) is 0. The molecule has 4 unspecified atom stereocenters. The number of hydrogen-bond donors (Lipinski definition) is 2. The van der Waals surface area contributed by atoms with Crippen LogP contribution in [-0.4, -0.2) is 16.0 Å². The zero-order chi connectivity index (χ0) is 14.1. The summed E-state index contributed by atoms with van der Waals surface area (Å²) in [4.78, 5) is 5.35. The van der Waals surface area contributed by atoms with Crippen LogP contribution in [0, 0.1) is 23.7 Å². The molecular formula is C17H21N3S. The maximum Gasteiger partial charge on any atom is 0.136 e. The molecule has 3 nitrogen and oxygen atoms in total. The molecule has 5 rings (SSSR count).